The quantitative estimate of drug-likeness (QED) is 0.552. The maximum Gasteiger partial charge on any atom is 0.339 e. The van der Waals surface area contributed by atoms with Crippen molar-refractivity contribution in [1.29, 1.82) is 0 Å². The molecule has 3 aromatic rings. The highest BCUT2D eigenvalue weighted by Gasteiger charge is 2.17. The Morgan fingerprint density at radius 2 is 2.17 bits per heavy atom. The van der Waals surface area contributed by atoms with Crippen LogP contribution in [0.25, 0.3) is 22.2 Å². The minimum absolute atomic E-state index is 0.0965. The Kier molecular flexibility index (Phi) is 2.09. The Labute approximate surface area is 101 Å². The smallest absolute Gasteiger partial charge is 0.339 e. The second-order valence-electron chi connectivity index (χ2n) is 3.90. The second-order valence-corrected chi connectivity index (χ2v) is 3.90. The first-order chi connectivity index (χ1) is 8.66. The molecule has 3 rings (SSSR count). The van der Waals surface area contributed by atoms with Crippen LogP contribution in [0, 0.1) is 0 Å². The predicted octanol–water partition coefficient (Wildman–Crippen LogP) is 1.96. The Balaban J connectivity index is 2.28. The van der Waals surface area contributed by atoms with Gasteiger partial charge < -0.3 is 15.2 Å². The van der Waals surface area contributed by atoms with Gasteiger partial charge in [-0.05, 0) is 18.2 Å². The van der Waals surface area contributed by atoms with Crippen molar-refractivity contribution in [1.82, 2.24) is 15.2 Å². The molecule has 0 radical (unpaired) electrons. The van der Waals surface area contributed by atoms with Gasteiger partial charge in [0, 0.05) is 22.7 Å². The minimum Gasteiger partial charge on any atom is -0.508 e. The lowest BCUT2D eigenvalue weighted by molar-refractivity contribution is 0.0698. The summed E-state index contributed by atoms with van der Waals surface area (Å²) >= 11 is 0. The molecule has 18 heavy (non-hydrogen) atoms. The maximum atomic E-state index is 11.1. The van der Waals surface area contributed by atoms with Gasteiger partial charge in [0.25, 0.3) is 0 Å². The lowest BCUT2D eigenvalue weighted by atomic mass is 10.1. The van der Waals surface area contributed by atoms with Crippen LogP contribution in [-0.2, 0) is 0 Å². The first kappa shape index (κ1) is 10.4. The van der Waals surface area contributed by atoms with Crippen molar-refractivity contribution in [2.45, 2.75) is 0 Å². The van der Waals surface area contributed by atoms with Crippen LogP contribution in [0.15, 0.2) is 30.6 Å². The van der Waals surface area contributed by atoms with Gasteiger partial charge in [-0.1, -0.05) is 0 Å². The minimum atomic E-state index is -1.05. The zero-order chi connectivity index (χ0) is 12.7. The number of H-pyrrole nitrogens is 2. The fourth-order valence-electron chi connectivity index (χ4n) is 1.97. The van der Waals surface area contributed by atoms with Crippen LogP contribution in [0.5, 0.6) is 5.75 Å². The largest absolute Gasteiger partial charge is 0.508 e. The number of nitrogens with one attached hydrogen (secondary N) is 2. The molecule has 0 aliphatic heterocycles. The molecule has 6 heteroatoms. The van der Waals surface area contributed by atoms with Gasteiger partial charge in [-0.2, -0.15) is 5.10 Å². The molecule has 0 unspecified atom stereocenters. The van der Waals surface area contributed by atoms with Crippen molar-refractivity contribution < 1.29 is 15.0 Å². The third-order valence-corrected chi connectivity index (χ3v) is 2.80. The zero-order valence-electron chi connectivity index (χ0n) is 9.14. The van der Waals surface area contributed by atoms with E-state index in [0.717, 1.165) is 10.9 Å². The molecule has 0 amide bonds. The molecule has 90 valence electrons. The zero-order valence-corrected chi connectivity index (χ0v) is 9.14. The summed E-state index contributed by atoms with van der Waals surface area (Å²) in [5, 5.41) is 25.7. The number of fused-ring (bicyclic) bond motifs is 1. The van der Waals surface area contributed by atoms with Gasteiger partial charge in [-0.15, -0.1) is 0 Å². The van der Waals surface area contributed by atoms with Crippen molar-refractivity contribution >= 4 is 16.9 Å². The number of carboxylic acids is 1. The van der Waals surface area contributed by atoms with E-state index in [2.05, 4.69) is 15.2 Å². The van der Waals surface area contributed by atoms with E-state index in [1.54, 1.807) is 24.4 Å². The lowest BCUT2D eigenvalue weighted by Gasteiger charge is -1.98. The molecule has 0 aliphatic rings. The van der Waals surface area contributed by atoms with Gasteiger partial charge in [0.2, 0.25) is 0 Å². The Morgan fingerprint density at radius 3 is 2.94 bits per heavy atom. The highest BCUT2D eigenvalue weighted by Crippen LogP contribution is 2.31. The van der Waals surface area contributed by atoms with Crippen LogP contribution in [0.1, 0.15) is 10.4 Å². The number of hydrogen-bond acceptors (Lipinski definition) is 3. The van der Waals surface area contributed by atoms with Crippen molar-refractivity contribution in [3.63, 3.8) is 0 Å². The van der Waals surface area contributed by atoms with E-state index in [1.165, 1.54) is 6.20 Å². The van der Waals surface area contributed by atoms with Gasteiger partial charge in [0.1, 0.15) is 11.3 Å². The van der Waals surface area contributed by atoms with E-state index in [4.69, 9.17) is 5.11 Å². The molecule has 6 nitrogen and oxygen atoms in total. The first-order valence-electron chi connectivity index (χ1n) is 5.24. The van der Waals surface area contributed by atoms with Crippen molar-refractivity contribution in [3.8, 4) is 17.0 Å². The number of phenolic OH excluding ortho intramolecular Hbond substituents is 1. The summed E-state index contributed by atoms with van der Waals surface area (Å²) < 4.78 is 0. The number of rotatable bonds is 2. The van der Waals surface area contributed by atoms with Crippen LogP contribution in [0.4, 0.5) is 0 Å². The molecule has 2 aromatic heterocycles. The number of carboxylic acid groups (broad SMARTS) is 1. The first-order valence-corrected chi connectivity index (χ1v) is 5.24. The summed E-state index contributed by atoms with van der Waals surface area (Å²) in [5.41, 5.74) is 1.99. The average molecular weight is 243 g/mol. The van der Waals surface area contributed by atoms with Crippen molar-refractivity contribution in [3.05, 3.63) is 36.2 Å². The number of benzene rings is 1. The van der Waals surface area contributed by atoms with Gasteiger partial charge in [0.15, 0.2) is 0 Å². The monoisotopic (exact) mass is 243 g/mol. The van der Waals surface area contributed by atoms with Crippen molar-refractivity contribution in [2.24, 2.45) is 0 Å². The van der Waals surface area contributed by atoms with E-state index in [1.807, 2.05) is 0 Å². The molecule has 1 aromatic carbocycles. The number of carbonyl (C=O) groups is 1. The average Bonchev–Trinajstić information content (AvgIpc) is 2.92. The molecule has 4 N–H and O–H groups in total. The SMILES string of the molecule is O=C(O)c1cn[nH]c1-c1c[nH]c2ccc(O)cc12. The molecule has 0 spiro atoms. The third-order valence-electron chi connectivity index (χ3n) is 2.80. The van der Waals surface area contributed by atoms with Crippen LogP contribution >= 0.6 is 0 Å². The van der Waals surface area contributed by atoms with Gasteiger partial charge >= 0.3 is 5.97 Å². The molecular formula is C12H9N3O3. The van der Waals surface area contributed by atoms with E-state index in [0.29, 0.717) is 11.3 Å². The Bertz CT molecular complexity index is 742. The standard InChI is InChI=1S/C12H9N3O3/c16-6-1-2-10-7(3-6)8(4-13-10)11-9(12(17)18)5-14-15-11/h1-5,13,16H,(H,14,15)(H,17,18). The highest BCUT2D eigenvalue weighted by atomic mass is 16.4. The number of hydrogen-bond donors (Lipinski definition) is 4. The Hall–Kier alpha value is -2.76. The van der Waals surface area contributed by atoms with Crippen molar-refractivity contribution in [2.75, 3.05) is 0 Å². The highest BCUT2D eigenvalue weighted by molar-refractivity contribution is 6.02. The van der Waals surface area contributed by atoms with E-state index >= 15 is 0 Å². The molecule has 0 fully saturated rings. The lowest BCUT2D eigenvalue weighted by Crippen LogP contribution is -1.96. The molecular weight excluding hydrogens is 234 g/mol. The molecule has 0 saturated heterocycles. The summed E-state index contributed by atoms with van der Waals surface area (Å²) in [5.74, 6) is -0.923. The fraction of sp³-hybridized carbons (Fsp3) is 0. The number of aromatic nitrogens is 3. The van der Waals surface area contributed by atoms with E-state index < -0.39 is 5.97 Å². The second kappa shape index (κ2) is 3.63. The maximum absolute atomic E-state index is 11.1. The number of aromatic carboxylic acids is 1. The number of nitrogens with zero attached hydrogens (tertiary/aromatic N) is 1. The van der Waals surface area contributed by atoms with Crippen LogP contribution in [0.2, 0.25) is 0 Å². The summed E-state index contributed by atoms with van der Waals surface area (Å²) in [6.45, 7) is 0. The fourth-order valence-corrected chi connectivity index (χ4v) is 1.97. The predicted molar refractivity (Wildman–Crippen MR) is 64.5 cm³/mol. The molecule has 0 bridgehead atoms. The Morgan fingerprint density at radius 1 is 1.33 bits per heavy atom. The van der Waals surface area contributed by atoms with Crippen LogP contribution < -0.4 is 0 Å². The number of phenols is 1. The topological polar surface area (TPSA) is 102 Å². The number of aromatic hydroxyl groups is 1. The van der Waals surface area contributed by atoms with E-state index in [-0.39, 0.29) is 11.3 Å². The van der Waals surface area contributed by atoms with Gasteiger partial charge in [-0.25, -0.2) is 4.79 Å². The summed E-state index contributed by atoms with van der Waals surface area (Å²) in [7, 11) is 0. The molecule has 2 heterocycles. The van der Waals surface area contributed by atoms with Gasteiger partial charge in [0.05, 0.1) is 11.9 Å². The summed E-state index contributed by atoms with van der Waals surface area (Å²) in [6, 6.07) is 4.87. The third kappa shape index (κ3) is 1.43. The van der Waals surface area contributed by atoms with Gasteiger partial charge in [-0.3, -0.25) is 5.10 Å². The molecule has 0 atom stereocenters. The molecule has 0 saturated carbocycles. The summed E-state index contributed by atoms with van der Waals surface area (Å²) in [6.07, 6.45) is 2.95. The summed E-state index contributed by atoms with van der Waals surface area (Å²) in [4.78, 5) is 14.1. The number of aromatic amines is 2. The normalized spacial score (nSPS) is 10.9. The van der Waals surface area contributed by atoms with Crippen LogP contribution in [-0.4, -0.2) is 31.4 Å². The van der Waals surface area contributed by atoms with Crippen LogP contribution in [0.3, 0.4) is 0 Å². The van der Waals surface area contributed by atoms with E-state index in [9.17, 15) is 9.90 Å². The molecule has 0 aliphatic carbocycles.